The highest BCUT2D eigenvalue weighted by Crippen LogP contribution is 2.34. The molecule has 2 N–H and O–H groups in total. The molecule has 0 unspecified atom stereocenters. The van der Waals surface area contributed by atoms with Gasteiger partial charge in [-0.05, 0) is 30.0 Å². The normalized spacial score (nSPS) is 10.4. The number of hydrogen-bond acceptors (Lipinski definition) is 3. The van der Waals surface area contributed by atoms with E-state index < -0.39 is 0 Å². The highest BCUT2D eigenvalue weighted by Gasteiger charge is 2.12. The Hall–Kier alpha value is -1.23. The van der Waals surface area contributed by atoms with Gasteiger partial charge in [-0.1, -0.05) is 23.2 Å². The average molecular weight is 302 g/mol. The van der Waals surface area contributed by atoms with E-state index in [1.807, 2.05) is 12.3 Å². The van der Waals surface area contributed by atoms with Crippen LogP contribution in [0.1, 0.15) is 15.9 Å². The number of benzene rings is 1. The lowest BCUT2D eigenvalue weighted by Crippen LogP contribution is -2.12. The Morgan fingerprint density at radius 2 is 1.89 bits per heavy atom. The number of halogens is 2. The van der Waals surface area contributed by atoms with Gasteiger partial charge in [0.05, 0.1) is 15.6 Å². The first-order valence-corrected chi connectivity index (χ1v) is 6.71. The minimum Gasteiger partial charge on any atom is -0.505 e. The van der Waals surface area contributed by atoms with Gasteiger partial charge in [-0.2, -0.15) is 11.3 Å². The standard InChI is InChI=1S/C12H9Cl2NO2S/c1-6-4-18-5-8(6)12(17)15-7-2-9(13)11(16)10(14)3-7/h2-5,16H,1H3,(H,15,17). The zero-order valence-corrected chi connectivity index (χ0v) is 11.7. The number of thiophene rings is 1. The lowest BCUT2D eigenvalue weighted by molar-refractivity contribution is 0.102. The van der Waals surface area contributed by atoms with Crippen LogP contribution in [0.25, 0.3) is 0 Å². The quantitative estimate of drug-likeness (QED) is 0.812. The third-order valence-electron chi connectivity index (χ3n) is 2.37. The van der Waals surface area contributed by atoms with Crippen molar-refractivity contribution in [2.75, 3.05) is 5.32 Å². The summed E-state index contributed by atoms with van der Waals surface area (Å²) in [5.41, 5.74) is 1.96. The van der Waals surface area contributed by atoms with Crippen molar-refractivity contribution in [1.29, 1.82) is 0 Å². The Kier molecular flexibility index (Phi) is 3.80. The molecule has 2 aromatic rings. The summed E-state index contributed by atoms with van der Waals surface area (Å²) >= 11 is 13.0. The molecule has 94 valence electrons. The van der Waals surface area contributed by atoms with Gasteiger partial charge < -0.3 is 10.4 Å². The van der Waals surface area contributed by atoms with Gasteiger partial charge in [-0.25, -0.2) is 0 Å². The number of nitrogens with one attached hydrogen (secondary N) is 1. The van der Waals surface area contributed by atoms with Crippen LogP contribution in [0.3, 0.4) is 0 Å². The fraction of sp³-hybridized carbons (Fsp3) is 0.0833. The first-order valence-electron chi connectivity index (χ1n) is 5.01. The van der Waals surface area contributed by atoms with E-state index in [2.05, 4.69) is 5.32 Å². The molecule has 0 atom stereocenters. The second-order valence-electron chi connectivity index (χ2n) is 3.71. The van der Waals surface area contributed by atoms with Crippen molar-refractivity contribution in [3.63, 3.8) is 0 Å². The number of hydrogen-bond donors (Lipinski definition) is 2. The third kappa shape index (κ3) is 2.61. The van der Waals surface area contributed by atoms with E-state index in [-0.39, 0.29) is 21.7 Å². The Balaban J connectivity index is 2.25. The SMILES string of the molecule is Cc1cscc1C(=O)Nc1cc(Cl)c(O)c(Cl)c1. The van der Waals surface area contributed by atoms with Gasteiger partial charge in [0, 0.05) is 11.1 Å². The van der Waals surface area contributed by atoms with Crippen LogP contribution in [0.5, 0.6) is 5.75 Å². The first kappa shape index (κ1) is 13.2. The Labute approximate surface area is 118 Å². The molecule has 0 fully saturated rings. The second kappa shape index (κ2) is 5.18. The summed E-state index contributed by atoms with van der Waals surface area (Å²) < 4.78 is 0. The topological polar surface area (TPSA) is 49.3 Å². The van der Waals surface area contributed by atoms with Crippen LogP contribution in [0.15, 0.2) is 22.9 Å². The maximum absolute atomic E-state index is 12.0. The molecule has 0 spiro atoms. The Bertz CT molecular complexity index is 587. The molecule has 0 bridgehead atoms. The third-order valence-corrected chi connectivity index (χ3v) is 3.81. The van der Waals surface area contributed by atoms with Crippen LogP contribution < -0.4 is 5.32 Å². The molecular weight excluding hydrogens is 293 g/mol. The molecule has 0 aliphatic carbocycles. The Morgan fingerprint density at radius 1 is 1.28 bits per heavy atom. The molecule has 2 rings (SSSR count). The van der Waals surface area contributed by atoms with Crippen LogP contribution in [0, 0.1) is 6.92 Å². The number of aromatic hydroxyl groups is 1. The van der Waals surface area contributed by atoms with Gasteiger partial charge in [0.25, 0.3) is 5.91 Å². The molecule has 6 heteroatoms. The molecule has 0 saturated heterocycles. The van der Waals surface area contributed by atoms with Crippen molar-refractivity contribution < 1.29 is 9.90 Å². The van der Waals surface area contributed by atoms with Crippen LogP contribution in [-0.2, 0) is 0 Å². The van der Waals surface area contributed by atoms with Crippen LogP contribution in [0.4, 0.5) is 5.69 Å². The van der Waals surface area contributed by atoms with Gasteiger partial charge in [-0.3, -0.25) is 4.79 Å². The summed E-state index contributed by atoms with van der Waals surface area (Å²) in [4.78, 5) is 12.0. The minimum absolute atomic E-state index is 0.0971. The van der Waals surface area contributed by atoms with Crippen molar-refractivity contribution in [1.82, 2.24) is 0 Å². The van der Waals surface area contributed by atoms with Crippen molar-refractivity contribution in [2.24, 2.45) is 0 Å². The summed E-state index contributed by atoms with van der Waals surface area (Å²) in [5.74, 6) is -0.422. The zero-order chi connectivity index (χ0) is 13.3. The van der Waals surface area contributed by atoms with Gasteiger partial charge in [0.1, 0.15) is 0 Å². The predicted molar refractivity (Wildman–Crippen MR) is 75.1 cm³/mol. The van der Waals surface area contributed by atoms with Gasteiger partial charge >= 0.3 is 0 Å². The van der Waals surface area contributed by atoms with E-state index in [1.54, 1.807) is 5.38 Å². The molecule has 1 aromatic heterocycles. The first-order chi connectivity index (χ1) is 8.49. The highest BCUT2D eigenvalue weighted by molar-refractivity contribution is 7.08. The van der Waals surface area contributed by atoms with E-state index in [9.17, 15) is 9.90 Å². The van der Waals surface area contributed by atoms with E-state index in [1.165, 1.54) is 23.5 Å². The van der Waals surface area contributed by atoms with Gasteiger partial charge in [0.15, 0.2) is 5.75 Å². The van der Waals surface area contributed by atoms with Crippen LogP contribution >= 0.6 is 34.5 Å². The maximum Gasteiger partial charge on any atom is 0.256 e. The smallest absolute Gasteiger partial charge is 0.256 e. The fourth-order valence-corrected chi connectivity index (χ4v) is 2.74. The van der Waals surface area contributed by atoms with E-state index in [0.717, 1.165) is 5.56 Å². The zero-order valence-electron chi connectivity index (χ0n) is 9.33. The number of carbonyl (C=O) groups excluding carboxylic acids is 1. The van der Waals surface area contributed by atoms with Crippen molar-refractivity contribution in [3.05, 3.63) is 44.1 Å². The molecule has 0 radical (unpaired) electrons. The largest absolute Gasteiger partial charge is 0.505 e. The van der Waals surface area contributed by atoms with Crippen molar-refractivity contribution in [3.8, 4) is 5.75 Å². The van der Waals surface area contributed by atoms with Crippen molar-refractivity contribution >= 4 is 46.1 Å². The molecular formula is C12H9Cl2NO2S. The number of phenolic OH excluding ortho intramolecular Hbond substituents is 1. The number of carbonyl (C=O) groups is 1. The fourth-order valence-electron chi connectivity index (χ4n) is 1.43. The van der Waals surface area contributed by atoms with Gasteiger partial charge in [0.2, 0.25) is 0 Å². The number of anilines is 1. The molecule has 3 nitrogen and oxygen atoms in total. The summed E-state index contributed by atoms with van der Waals surface area (Å²) in [7, 11) is 0. The lowest BCUT2D eigenvalue weighted by atomic mass is 10.2. The lowest BCUT2D eigenvalue weighted by Gasteiger charge is -2.07. The molecule has 0 aliphatic heterocycles. The summed E-state index contributed by atoms with van der Waals surface area (Å²) in [6, 6.07) is 2.89. The monoisotopic (exact) mass is 301 g/mol. The van der Waals surface area contributed by atoms with E-state index >= 15 is 0 Å². The number of phenols is 1. The highest BCUT2D eigenvalue weighted by atomic mass is 35.5. The van der Waals surface area contributed by atoms with E-state index in [4.69, 9.17) is 23.2 Å². The molecule has 1 amide bonds. The number of aryl methyl sites for hydroxylation is 1. The molecule has 0 aliphatic rings. The molecule has 0 saturated carbocycles. The van der Waals surface area contributed by atoms with Crippen LogP contribution in [-0.4, -0.2) is 11.0 Å². The second-order valence-corrected chi connectivity index (χ2v) is 5.27. The summed E-state index contributed by atoms with van der Waals surface area (Å²) in [6.07, 6.45) is 0. The maximum atomic E-state index is 12.0. The number of rotatable bonds is 2. The predicted octanol–water partition coefficient (Wildman–Crippen LogP) is 4.32. The van der Waals surface area contributed by atoms with Crippen LogP contribution in [0.2, 0.25) is 10.0 Å². The van der Waals surface area contributed by atoms with E-state index in [0.29, 0.717) is 11.3 Å². The summed E-state index contributed by atoms with van der Waals surface area (Å²) in [5, 5.41) is 16.0. The van der Waals surface area contributed by atoms with Gasteiger partial charge in [-0.15, -0.1) is 0 Å². The molecule has 1 aromatic carbocycles. The number of amides is 1. The molecule has 18 heavy (non-hydrogen) atoms. The Morgan fingerprint density at radius 3 is 2.39 bits per heavy atom. The van der Waals surface area contributed by atoms with Crippen molar-refractivity contribution in [2.45, 2.75) is 6.92 Å². The summed E-state index contributed by atoms with van der Waals surface area (Å²) in [6.45, 7) is 1.86. The molecule has 1 heterocycles. The minimum atomic E-state index is -0.230. The average Bonchev–Trinajstić information content (AvgIpc) is 2.72.